The predicted octanol–water partition coefficient (Wildman–Crippen LogP) is 3.11. The van der Waals surface area contributed by atoms with Crippen LogP contribution < -0.4 is 0 Å². The standard InChI is InChI=1S/C15H26O3/c1-4-9-17-14-12(16)10-13(14)18-11-5-7-15(2,3)8-6-11/h11,13-14H,4-10H2,1-3H3. The molecule has 2 atom stereocenters. The monoisotopic (exact) mass is 254 g/mol. The molecule has 0 aromatic carbocycles. The number of hydrogen-bond donors (Lipinski definition) is 0. The van der Waals surface area contributed by atoms with Crippen LogP contribution in [0.4, 0.5) is 0 Å². The molecule has 2 fully saturated rings. The Hall–Kier alpha value is -0.410. The number of ketones is 1. The van der Waals surface area contributed by atoms with Gasteiger partial charge in [0.1, 0.15) is 6.10 Å². The molecule has 0 N–H and O–H groups in total. The van der Waals surface area contributed by atoms with Gasteiger partial charge in [0, 0.05) is 13.0 Å². The van der Waals surface area contributed by atoms with E-state index in [9.17, 15) is 4.79 Å². The van der Waals surface area contributed by atoms with E-state index in [1.807, 2.05) is 0 Å². The first-order valence-corrected chi connectivity index (χ1v) is 7.31. The van der Waals surface area contributed by atoms with Crippen LogP contribution in [0, 0.1) is 5.41 Å². The van der Waals surface area contributed by atoms with E-state index in [1.165, 1.54) is 12.8 Å². The molecule has 0 spiro atoms. The zero-order valence-corrected chi connectivity index (χ0v) is 11.9. The van der Waals surface area contributed by atoms with Gasteiger partial charge < -0.3 is 9.47 Å². The molecule has 0 amide bonds. The zero-order valence-electron chi connectivity index (χ0n) is 11.9. The van der Waals surface area contributed by atoms with Crippen LogP contribution in [-0.2, 0) is 14.3 Å². The van der Waals surface area contributed by atoms with E-state index in [1.54, 1.807) is 0 Å². The largest absolute Gasteiger partial charge is 0.371 e. The summed E-state index contributed by atoms with van der Waals surface area (Å²) in [6, 6.07) is 0. The predicted molar refractivity (Wildman–Crippen MR) is 70.6 cm³/mol. The van der Waals surface area contributed by atoms with Crippen LogP contribution in [0.2, 0.25) is 0 Å². The molecular weight excluding hydrogens is 228 g/mol. The van der Waals surface area contributed by atoms with Gasteiger partial charge in [0.2, 0.25) is 0 Å². The van der Waals surface area contributed by atoms with Crippen molar-refractivity contribution in [3.05, 3.63) is 0 Å². The highest BCUT2D eigenvalue weighted by atomic mass is 16.6. The maximum atomic E-state index is 11.5. The summed E-state index contributed by atoms with van der Waals surface area (Å²) < 4.78 is 11.6. The highest BCUT2D eigenvalue weighted by Crippen LogP contribution is 2.38. The highest BCUT2D eigenvalue weighted by Gasteiger charge is 2.43. The van der Waals surface area contributed by atoms with Crippen molar-refractivity contribution in [2.24, 2.45) is 5.41 Å². The molecule has 0 aromatic heterocycles. The quantitative estimate of drug-likeness (QED) is 0.756. The second kappa shape index (κ2) is 5.70. The molecule has 2 aliphatic rings. The van der Waals surface area contributed by atoms with Gasteiger partial charge >= 0.3 is 0 Å². The van der Waals surface area contributed by atoms with Gasteiger partial charge in [0.05, 0.1) is 12.2 Å². The Morgan fingerprint density at radius 2 is 1.94 bits per heavy atom. The number of Topliss-reactive ketones (excluding diaryl/α,β-unsaturated/α-hetero) is 1. The Labute approximate surface area is 110 Å². The minimum Gasteiger partial charge on any atom is -0.371 e. The SMILES string of the molecule is CCCOC1C(=O)CC1OC1CCC(C)(C)CC1. The Morgan fingerprint density at radius 1 is 1.28 bits per heavy atom. The van der Waals surface area contributed by atoms with Crippen molar-refractivity contribution in [3.63, 3.8) is 0 Å². The lowest BCUT2D eigenvalue weighted by Crippen LogP contribution is -2.52. The van der Waals surface area contributed by atoms with Gasteiger partial charge in [-0.05, 0) is 37.5 Å². The van der Waals surface area contributed by atoms with Gasteiger partial charge in [-0.3, -0.25) is 4.79 Å². The minimum absolute atomic E-state index is 0.0234. The molecule has 0 heterocycles. The summed E-state index contributed by atoms with van der Waals surface area (Å²) in [4.78, 5) is 11.5. The van der Waals surface area contributed by atoms with Crippen LogP contribution in [0.3, 0.4) is 0 Å². The third kappa shape index (κ3) is 3.33. The number of hydrogen-bond acceptors (Lipinski definition) is 3. The molecule has 3 nitrogen and oxygen atoms in total. The van der Waals surface area contributed by atoms with Crippen LogP contribution in [0.25, 0.3) is 0 Å². The van der Waals surface area contributed by atoms with Crippen molar-refractivity contribution in [2.75, 3.05) is 6.61 Å². The molecule has 0 bridgehead atoms. The molecule has 2 saturated carbocycles. The number of ether oxygens (including phenoxy) is 2. The van der Waals surface area contributed by atoms with Crippen molar-refractivity contribution < 1.29 is 14.3 Å². The molecule has 2 rings (SSSR count). The fourth-order valence-electron chi connectivity index (χ4n) is 2.79. The number of carbonyl (C=O) groups is 1. The lowest BCUT2D eigenvalue weighted by Gasteiger charge is -2.40. The van der Waals surface area contributed by atoms with Crippen molar-refractivity contribution in [3.8, 4) is 0 Å². The van der Waals surface area contributed by atoms with Crippen molar-refractivity contribution in [2.45, 2.75) is 77.6 Å². The van der Waals surface area contributed by atoms with E-state index in [0.29, 0.717) is 24.5 Å². The fraction of sp³-hybridized carbons (Fsp3) is 0.933. The molecule has 0 saturated heterocycles. The van der Waals surface area contributed by atoms with Gasteiger partial charge in [-0.1, -0.05) is 20.8 Å². The third-order valence-corrected chi connectivity index (χ3v) is 4.21. The molecule has 0 aromatic rings. The molecule has 104 valence electrons. The lowest BCUT2D eigenvalue weighted by molar-refractivity contribution is -0.177. The number of carbonyl (C=O) groups excluding carboxylic acids is 1. The van der Waals surface area contributed by atoms with Crippen LogP contribution in [0.15, 0.2) is 0 Å². The van der Waals surface area contributed by atoms with Crippen LogP contribution in [0.5, 0.6) is 0 Å². The normalized spacial score (nSPS) is 32.3. The van der Waals surface area contributed by atoms with E-state index in [4.69, 9.17) is 9.47 Å². The van der Waals surface area contributed by atoms with Gasteiger partial charge in [-0.15, -0.1) is 0 Å². The first-order chi connectivity index (χ1) is 8.52. The van der Waals surface area contributed by atoms with Crippen LogP contribution in [0.1, 0.15) is 59.3 Å². The van der Waals surface area contributed by atoms with Gasteiger partial charge in [0.15, 0.2) is 5.78 Å². The summed E-state index contributed by atoms with van der Waals surface area (Å²) in [6.07, 6.45) is 6.27. The summed E-state index contributed by atoms with van der Waals surface area (Å²) in [5.74, 6) is 0.213. The first kappa shape index (κ1) is 14.0. The summed E-state index contributed by atoms with van der Waals surface area (Å²) in [6.45, 7) is 7.36. The molecule has 2 aliphatic carbocycles. The summed E-state index contributed by atoms with van der Waals surface area (Å²) >= 11 is 0. The second-order valence-electron chi connectivity index (χ2n) is 6.50. The molecular formula is C15H26O3. The summed E-state index contributed by atoms with van der Waals surface area (Å²) in [7, 11) is 0. The second-order valence-corrected chi connectivity index (χ2v) is 6.50. The highest BCUT2D eigenvalue weighted by molar-refractivity contribution is 5.90. The fourth-order valence-corrected chi connectivity index (χ4v) is 2.79. The van der Waals surface area contributed by atoms with E-state index in [0.717, 1.165) is 19.3 Å². The maximum Gasteiger partial charge on any atom is 0.166 e. The summed E-state index contributed by atoms with van der Waals surface area (Å²) in [5, 5.41) is 0. The lowest BCUT2D eigenvalue weighted by atomic mass is 9.76. The third-order valence-electron chi connectivity index (χ3n) is 4.21. The van der Waals surface area contributed by atoms with Crippen molar-refractivity contribution >= 4 is 5.78 Å². The molecule has 18 heavy (non-hydrogen) atoms. The Bertz CT molecular complexity index is 288. The van der Waals surface area contributed by atoms with Gasteiger partial charge in [0.25, 0.3) is 0 Å². The maximum absolute atomic E-state index is 11.5. The Balaban J connectivity index is 1.75. The van der Waals surface area contributed by atoms with Gasteiger partial charge in [-0.2, -0.15) is 0 Å². The Morgan fingerprint density at radius 3 is 2.50 bits per heavy atom. The van der Waals surface area contributed by atoms with Crippen LogP contribution in [-0.4, -0.2) is 30.7 Å². The van der Waals surface area contributed by atoms with Crippen molar-refractivity contribution in [1.82, 2.24) is 0 Å². The summed E-state index contributed by atoms with van der Waals surface area (Å²) in [5.41, 5.74) is 0.466. The average molecular weight is 254 g/mol. The molecule has 0 aliphatic heterocycles. The average Bonchev–Trinajstić information content (AvgIpc) is 2.31. The zero-order chi connectivity index (χ0) is 13.2. The minimum atomic E-state index is -0.278. The Kier molecular flexibility index (Phi) is 4.44. The van der Waals surface area contributed by atoms with Crippen LogP contribution >= 0.6 is 0 Å². The van der Waals surface area contributed by atoms with Gasteiger partial charge in [-0.25, -0.2) is 0 Å². The van der Waals surface area contributed by atoms with E-state index >= 15 is 0 Å². The van der Waals surface area contributed by atoms with E-state index in [-0.39, 0.29) is 18.0 Å². The smallest absolute Gasteiger partial charge is 0.166 e. The number of rotatable bonds is 5. The topological polar surface area (TPSA) is 35.5 Å². The molecule has 3 heteroatoms. The first-order valence-electron chi connectivity index (χ1n) is 7.31. The molecule has 2 unspecified atom stereocenters. The van der Waals surface area contributed by atoms with Crippen molar-refractivity contribution in [1.29, 1.82) is 0 Å². The van der Waals surface area contributed by atoms with E-state index in [2.05, 4.69) is 20.8 Å². The van der Waals surface area contributed by atoms with E-state index < -0.39 is 0 Å². The molecule has 0 radical (unpaired) electrons.